The largest absolute Gasteiger partial charge is 0.465 e. The Kier molecular flexibility index (Phi) is 3.72. The van der Waals surface area contributed by atoms with E-state index < -0.39 is 0 Å². The molecule has 1 aromatic rings. The third-order valence-electron chi connectivity index (χ3n) is 3.06. The highest BCUT2D eigenvalue weighted by molar-refractivity contribution is 9.10. The Balaban J connectivity index is 2.44. The van der Waals surface area contributed by atoms with E-state index in [4.69, 9.17) is 4.74 Å². The van der Waals surface area contributed by atoms with Gasteiger partial charge in [0.25, 0.3) is 0 Å². The molecule has 17 heavy (non-hydrogen) atoms. The number of hydrogen-bond acceptors (Lipinski definition) is 3. The molecular weight excluding hydrogens is 282 g/mol. The molecule has 1 aromatic carbocycles. The van der Waals surface area contributed by atoms with Gasteiger partial charge in [-0.15, -0.1) is 0 Å². The number of rotatable bonds is 3. The Morgan fingerprint density at radius 3 is 2.94 bits per heavy atom. The minimum Gasteiger partial charge on any atom is -0.465 e. The highest BCUT2D eigenvalue weighted by atomic mass is 79.9. The fourth-order valence-electron chi connectivity index (χ4n) is 2.33. The van der Waals surface area contributed by atoms with Crippen LogP contribution in [0.5, 0.6) is 0 Å². The summed E-state index contributed by atoms with van der Waals surface area (Å²) in [5.74, 6) is -0.249. The summed E-state index contributed by atoms with van der Waals surface area (Å²) in [6.07, 6.45) is 2.03. The average Bonchev–Trinajstić information content (AvgIpc) is 2.71. The van der Waals surface area contributed by atoms with Crippen LogP contribution in [0.25, 0.3) is 0 Å². The summed E-state index contributed by atoms with van der Waals surface area (Å²) < 4.78 is 5.76. The van der Waals surface area contributed by atoms with Gasteiger partial charge in [-0.25, -0.2) is 4.79 Å². The SMILES string of the molecule is CCCN1CCc2c(C(=O)OC)cc(Br)cc21. The Labute approximate surface area is 110 Å². The Hall–Kier alpha value is -1.03. The molecule has 0 saturated carbocycles. The molecule has 0 bridgehead atoms. The summed E-state index contributed by atoms with van der Waals surface area (Å²) in [6, 6.07) is 3.94. The molecule has 1 heterocycles. The van der Waals surface area contributed by atoms with Gasteiger partial charge < -0.3 is 9.64 Å². The number of halogens is 1. The van der Waals surface area contributed by atoms with Crippen molar-refractivity contribution in [3.8, 4) is 0 Å². The maximum atomic E-state index is 11.7. The first-order chi connectivity index (χ1) is 8.17. The second-order valence-electron chi connectivity index (χ2n) is 4.18. The predicted octanol–water partition coefficient (Wildman–Crippen LogP) is 3.01. The van der Waals surface area contributed by atoms with E-state index in [0.29, 0.717) is 5.56 Å². The van der Waals surface area contributed by atoms with Crippen LogP contribution in [0.4, 0.5) is 5.69 Å². The summed E-state index contributed by atoms with van der Waals surface area (Å²) in [5.41, 5.74) is 2.98. The number of benzene rings is 1. The van der Waals surface area contributed by atoms with Crippen molar-refractivity contribution in [2.75, 3.05) is 25.1 Å². The van der Waals surface area contributed by atoms with Gasteiger partial charge in [-0.2, -0.15) is 0 Å². The van der Waals surface area contributed by atoms with Crippen molar-refractivity contribution in [1.29, 1.82) is 0 Å². The van der Waals surface area contributed by atoms with Crippen LogP contribution < -0.4 is 4.90 Å². The van der Waals surface area contributed by atoms with Crippen LogP contribution in [-0.2, 0) is 11.2 Å². The molecule has 0 aliphatic carbocycles. The lowest BCUT2D eigenvalue weighted by Crippen LogP contribution is -2.20. The molecule has 2 rings (SSSR count). The molecule has 0 fully saturated rings. The smallest absolute Gasteiger partial charge is 0.338 e. The van der Waals surface area contributed by atoms with Gasteiger partial charge in [-0.05, 0) is 30.5 Å². The topological polar surface area (TPSA) is 29.5 Å². The number of esters is 1. The van der Waals surface area contributed by atoms with Gasteiger partial charge in [0.1, 0.15) is 0 Å². The number of hydrogen-bond donors (Lipinski definition) is 0. The van der Waals surface area contributed by atoms with Crippen LogP contribution in [-0.4, -0.2) is 26.2 Å². The van der Waals surface area contributed by atoms with E-state index in [1.807, 2.05) is 6.07 Å². The van der Waals surface area contributed by atoms with Gasteiger partial charge in [0.15, 0.2) is 0 Å². The molecule has 0 saturated heterocycles. The van der Waals surface area contributed by atoms with Crippen molar-refractivity contribution in [2.45, 2.75) is 19.8 Å². The normalized spacial score (nSPS) is 13.7. The Morgan fingerprint density at radius 1 is 1.53 bits per heavy atom. The number of methoxy groups -OCH3 is 1. The molecule has 0 unspecified atom stereocenters. The molecule has 3 nitrogen and oxygen atoms in total. The van der Waals surface area contributed by atoms with Crippen LogP contribution in [0.1, 0.15) is 29.3 Å². The molecule has 92 valence electrons. The zero-order valence-corrected chi connectivity index (χ0v) is 11.7. The minimum atomic E-state index is -0.249. The van der Waals surface area contributed by atoms with E-state index in [2.05, 4.69) is 33.8 Å². The quantitative estimate of drug-likeness (QED) is 0.803. The first-order valence-electron chi connectivity index (χ1n) is 5.83. The molecule has 0 atom stereocenters. The van der Waals surface area contributed by atoms with Gasteiger partial charge in [0.05, 0.1) is 12.7 Å². The first kappa shape index (κ1) is 12.4. The molecule has 0 N–H and O–H groups in total. The fraction of sp³-hybridized carbons (Fsp3) is 0.462. The number of carbonyl (C=O) groups excluding carboxylic acids is 1. The molecule has 1 aliphatic rings. The average molecular weight is 298 g/mol. The van der Waals surface area contributed by atoms with Crippen molar-refractivity contribution in [3.63, 3.8) is 0 Å². The second kappa shape index (κ2) is 5.08. The standard InChI is InChI=1S/C13H16BrNO2/c1-3-5-15-6-4-10-11(13(16)17-2)7-9(14)8-12(10)15/h7-8H,3-6H2,1-2H3. The summed E-state index contributed by atoms with van der Waals surface area (Å²) in [6.45, 7) is 4.19. The third kappa shape index (κ3) is 2.32. The van der Waals surface area contributed by atoms with E-state index in [1.54, 1.807) is 0 Å². The fourth-order valence-corrected chi connectivity index (χ4v) is 2.77. The first-order valence-corrected chi connectivity index (χ1v) is 6.62. The zero-order valence-electron chi connectivity index (χ0n) is 10.1. The molecule has 4 heteroatoms. The van der Waals surface area contributed by atoms with E-state index in [9.17, 15) is 4.79 Å². The second-order valence-corrected chi connectivity index (χ2v) is 5.10. The van der Waals surface area contributed by atoms with Crippen LogP contribution in [0.3, 0.4) is 0 Å². The minimum absolute atomic E-state index is 0.249. The molecule has 0 aromatic heterocycles. The van der Waals surface area contributed by atoms with Crippen LogP contribution >= 0.6 is 15.9 Å². The van der Waals surface area contributed by atoms with Gasteiger partial charge in [-0.1, -0.05) is 22.9 Å². The highest BCUT2D eigenvalue weighted by Crippen LogP contribution is 2.34. The zero-order chi connectivity index (χ0) is 12.4. The van der Waals surface area contributed by atoms with E-state index >= 15 is 0 Å². The van der Waals surface area contributed by atoms with Crippen molar-refractivity contribution in [2.24, 2.45) is 0 Å². The predicted molar refractivity (Wildman–Crippen MR) is 71.7 cm³/mol. The van der Waals surface area contributed by atoms with Crippen LogP contribution in [0.15, 0.2) is 16.6 Å². The molecule has 0 spiro atoms. The van der Waals surface area contributed by atoms with E-state index in [0.717, 1.165) is 36.0 Å². The van der Waals surface area contributed by atoms with Gasteiger partial charge in [0, 0.05) is 23.2 Å². The number of fused-ring (bicyclic) bond motifs is 1. The molecular formula is C13H16BrNO2. The maximum Gasteiger partial charge on any atom is 0.338 e. The number of ether oxygens (including phenoxy) is 1. The van der Waals surface area contributed by atoms with Gasteiger partial charge >= 0.3 is 5.97 Å². The molecule has 0 radical (unpaired) electrons. The van der Waals surface area contributed by atoms with Crippen LogP contribution in [0.2, 0.25) is 0 Å². The van der Waals surface area contributed by atoms with E-state index in [-0.39, 0.29) is 5.97 Å². The van der Waals surface area contributed by atoms with Gasteiger partial charge in [-0.3, -0.25) is 0 Å². The van der Waals surface area contributed by atoms with Crippen LogP contribution in [0, 0.1) is 0 Å². The lowest BCUT2D eigenvalue weighted by molar-refractivity contribution is 0.0599. The summed E-state index contributed by atoms with van der Waals surface area (Å²) in [7, 11) is 1.42. The highest BCUT2D eigenvalue weighted by Gasteiger charge is 2.25. The van der Waals surface area contributed by atoms with Crippen molar-refractivity contribution in [1.82, 2.24) is 0 Å². The maximum absolute atomic E-state index is 11.7. The Bertz CT molecular complexity index is 445. The number of carbonyl (C=O) groups is 1. The summed E-state index contributed by atoms with van der Waals surface area (Å²) in [4.78, 5) is 14.1. The monoisotopic (exact) mass is 297 g/mol. The lowest BCUT2D eigenvalue weighted by Gasteiger charge is -2.19. The molecule has 0 amide bonds. The third-order valence-corrected chi connectivity index (χ3v) is 3.52. The Morgan fingerprint density at radius 2 is 2.29 bits per heavy atom. The van der Waals surface area contributed by atoms with E-state index in [1.165, 1.54) is 12.8 Å². The van der Waals surface area contributed by atoms with Crippen molar-refractivity contribution < 1.29 is 9.53 Å². The number of anilines is 1. The lowest BCUT2D eigenvalue weighted by atomic mass is 10.1. The van der Waals surface area contributed by atoms with Crippen molar-refractivity contribution in [3.05, 3.63) is 27.7 Å². The van der Waals surface area contributed by atoms with Gasteiger partial charge in [0.2, 0.25) is 0 Å². The summed E-state index contributed by atoms with van der Waals surface area (Å²) in [5, 5.41) is 0. The summed E-state index contributed by atoms with van der Waals surface area (Å²) >= 11 is 3.46. The number of nitrogens with zero attached hydrogens (tertiary/aromatic N) is 1. The molecule has 1 aliphatic heterocycles. The van der Waals surface area contributed by atoms with Crippen molar-refractivity contribution >= 4 is 27.6 Å².